The van der Waals surface area contributed by atoms with Gasteiger partial charge >= 0.3 is 5.76 Å². The van der Waals surface area contributed by atoms with Gasteiger partial charge in [0.25, 0.3) is 0 Å². The van der Waals surface area contributed by atoms with Gasteiger partial charge in [0, 0.05) is 0 Å². The highest BCUT2D eigenvalue weighted by atomic mass is 16.5. The molecule has 0 amide bonds. The summed E-state index contributed by atoms with van der Waals surface area (Å²) in [7, 11) is 0. The first-order valence-corrected chi connectivity index (χ1v) is 8.12. The molecule has 1 N–H and O–H groups in total. The Bertz CT molecular complexity index is 656. The van der Waals surface area contributed by atoms with Crippen molar-refractivity contribution in [2.45, 2.75) is 26.2 Å². The molecular weight excluding hydrogens is 296 g/mol. The van der Waals surface area contributed by atoms with Crippen LogP contribution in [0, 0.1) is 5.92 Å². The monoisotopic (exact) mass is 318 g/mol. The molecule has 0 unspecified atom stereocenters. The number of H-pyrrole nitrogens is 1. The molecular formula is C16H22N4O3. The van der Waals surface area contributed by atoms with Crippen molar-refractivity contribution in [3.8, 4) is 17.3 Å². The SMILES string of the molecule is CCCN1CCC(COc2ccc(-c3noc(=O)[nH]3)nc2)CC1. The minimum Gasteiger partial charge on any atom is -0.492 e. The summed E-state index contributed by atoms with van der Waals surface area (Å²) in [5, 5.41) is 3.61. The second kappa shape index (κ2) is 7.41. The number of aromatic amines is 1. The summed E-state index contributed by atoms with van der Waals surface area (Å²) in [6.45, 7) is 6.47. The Labute approximate surface area is 134 Å². The van der Waals surface area contributed by atoms with E-state index < -0.39 is 5.76 Å². The number of aromatic nitrogens is 3. The predicted octanol–water partition coefficient (Wildman–Crippen LogP) is 1.93. The molecule has 0 saturated carbocycles. The van der Waals surface area contributed by atoms with Crippen LogP contribution < -0.4 is 10.5 Å². The third kappa shape index (κ3) is 4.19. The first-order valence-electron chi connectivity index (χ1n) is 8.12. The number of hydrogen-bond donors (Lipinski definition) is 1. The summed E-state index contributed by atoms with van der Waals surface area (Å²) in [6, 6.07) is 3.59. The molecule has 23 heavy (non-hydrogen) atoms. The molecule has 7 nitrogen and oxygen atoms in total. The molecule has 3 heterocycles. The Morgan fingerprint density at radius 2 is 2.22 bits per heavy atom. The lowest BCUT2D eigenvalue weighted by molar-refractivity contribution is 0.141. The highest BCUT2D eigenvalue weighted by Gasteiger charge is 2.19. The van der Waals surface area contributed by atoms with Gasteiger partial charge in [-0.3, -0.25) is 9.51 Å². The quantitative estimate of drug-likeness (QED) is 0.876. The van der Waals surface area contributed by atoms with Crippen molar-refractivity contribution >= 4 is 0 Å². The standard InChI is InChI=1S/C16H22N4O3/c1-2-7-20-8-5-12(6-9-20)11-22-13-3-4-14(17-10-13)15-18-16(21)23-19-15/h3-4,10,12H,2,5-9,11H2,1H3,(H,18,19,21). The van der Waals surface area contributed by atoms with Gasteiger partial charge in [0.05, 0.1) is 12.8 Å². The van der Waals surface area contributed by atoms with E-state index in [0.29, 0.717) is 17.4 Å². The third-order valence-electron chi connectivity index (χ3n) is 4.15. The van der Waals surface area contributed by atoms with E-state index >= 15 is 0 Å². The second-order valence-electron chi connectivity index (χ2n) is 5.92. The Hall–Kier alpha value is -2.15. The maximum absolute atomic E-state index is 10.9. The van der Waals surface area contributed by atoms with Crippen LogP contribution in [0.4, 0.5) is 0 Å². The van der Waals surface area contributed by atoms with Gasteiger partial charge in [-0.25, -0.2) is 9.78 Å². The highest BCUT2D eigenvalue weighted by Crippen LogP contribution is 2.20. The van der Waals surface area contributed by atoms with Crippen molar-refractivity contribution in [3.05, 3.63) is 28.9 Å². The van der Waals surface area contributed by atoms with E-state index in [1.807, 2.05) is 6.07 Å². The maximum Gasteiger partial charge on any atom is 0.439 e. The summed E-state index contributed by atoms with van der Waals surface area (Å²) < 4.78 is 10.3. The van der Waals surface area contributed by atoms with Gasteiger partial charge in [0.1, 0.15) is 11.4 Å². The Morgan fingerprint density at radius 3 is 2.83 bits per heavy atom. The number of nitrogens with one attached hydrogen (secondary N) is 1. The van der Waals surface area contributed by atoms with Gasteiger partial charge in [-0.2, -0.15) is 0 Å². The van der Waals surface area contributed by atoms with Crippen molar-refractivity contribution in [1.29, 1.82) is 0 Å². The fraction of sp³-hybridized carbons (Fsp3) is 0.562. The number of likely N-dealkylation sites (tertiary alicyclic amines) is 1. The van der Waals surface area contributed by atoms with Crippen LogP contribution in [0.3, 0.4) is 0 Å². The van der Waals surface area contributed by atoms with Crippen LogP contribution in [0.5, 0.6) is 5.75 Å². The number of rotatable bonds is 6. The van der Waals surface area contributed by atoms with Crippen LogP contribution in [0.2, 0.25) is 0 Å². The van der Waals surface area contributed by atoms with Crippen LogP contribution in [0.15, 0.2) is 27.6 Å². The Kier molecular flexibility index (Phi) is 5.07. The van der Waals surface area contributed by atoms with Crippen LogP contribution in [-0.2, 0) is 0 Å². The number of nitrogens with zero attached hydrogens (tertiary/aromatic N) is 3. The molecule has 0 spiro atoms. The lowest BCUT2D eigenvalue weighted by Crippen LogP contribution is -2.35. The van der Waals surface area contributed by atoms with Gasteiger partial charge in [-0.1, -0.05) is 12.1 Å². The number of hydrogen-bond acceptors (Lipinski definition) is 6. The van der Waals surface area contributed by atoms with Crippen molar-refractivity contribution in [1.82, 2.24) is 20.0 Å². The van der Waals surface area contributed by atoms with Crippen LogP contribution in [0.1, 0.15) is 26.2 Å². The third-order valence-corrected chi connectivity index (χ3v) is 4.15. The summed E-state index contributed by atoms with van der Waals surface area (Å²) in [5.41, 5.74) is 0.552. The molecule has 124 valence electrons. The van der Waals surface area contributed by atoms with E-state index in [0.717, 1.165) is 12.4 Å². The van der Waals surface area contributed by atoms with Crippen LogP contribution in [0.25, 0.3) is 11.5 Å². The van der Waals surface area contributed by atoms with E-state index in [2.05, 4.69) is 31.5 Å². The fourth-order valence-corrected chi connectivity index (χ4v) is 2.85. The average Bonchev–Trinajstić information content (AvgIpc) is 3.01. The smallest absolute Gasteiger partial charge is 0.439 e. The second-order valence-corrected chi connectivity index (χ2v) is 5.92. The Balaban J connectivity index is 1.48. The van der Waals surface area contributed by atoms with Gasteiger partial charge in [-0.05, 0) is 56.9 Å². The molecule has 0 aromatic carbocycles. The number of ether oxygens (including phenoxy) is 1. The lowest BCUT2D eigenvalue weighted by atomic mass is 9.98. The summed E-state index contributed by atoms with van der Waals surface area (Å²) in [4.78, 5) is 20.2. The molecule has 1 aliphatic heterocycles. The molecule has 0 bridgehead atoms. The topological polar surface area (TPSA) is 84.2 Å². The first-order chi connectivity index (χ1) is 11.2. The fourth-order valence-electron chi connectivity index (χ4n) is 2.85. The zero-order chi connectivity index (χ0) is 16.1. The van der Waals surface area contributed by atoms with E-state index in [1.54, 1.807) is 12.3 Å². The Morgan fingerprint density at radius 1 is 1.39 bits per heavy atom. The zero-order valence-corrected chi connectivity index (χ0v) is 13.3. The van der Waals surface area contributed by atoms with Crippen LogP contribution in [-0.4, -0.2) is 46.3 Å². The molecule has 7 heteroatoms. The zero-order valence-electron chi connectivity index (χ0n) is 13.3. The van der Waals surface area contributed by atoms with Gasteiger partial charge in [0.15, 0.2) is 0 Å². The predicted molar refractivity (Wildman–Crippen MR) is 85.3 cm³/mol. The number of pyridine rings is 1. The van der Waals surface area contributed by atoms with Crippen molar-refractivity contribution in [2.24, 2.45) is 5.92 Å². The molecule has 3 rings (SSSR count). The van der Waals surface area contributed by atoms with Crippen molar-refractivity contribution in [3.63, 3.8) is 0 Å². The van der Waals surface area contributed by atoms with E-state index in [-0.39, 0.29) is 0 Å². The minimum absolute atomic E-state index is 0.324. The molecule has 1 aliphatic rings. The van der Waals surface area contributed by atoms with Crippen molar-refractivity contribution in [2.75, 3.05) is 26.2 Å². The summed E-state index contributed by atoms with van der Waals surface area (Å²) in [5.74, 6) is 1.08. The van der Waals surface area contributed by atoms with Gasteiger partial charge < -0.3 is 9.64 Å². The normalized spacial score (nSPS) is 16.6. The largest absolute Gasteiger partial charge is 0.492 e. The molecule has 0 radical (unpaired) electrons. The molecule has 0 atom stereocenters. The highest BCUT2D eigenvalue weighted by molar-refractivity contribution is 5.48. The molecule has 0 aliphatic carbocycles. The lowest BCUT2D eigenvalue weighted by Gasteiger charge is -2.31. The molecule has 1 fully saturated rings. The van der Waals surface area contributed by atoms with E-state index in [1.165, 1.54) is 38.9 Å². The number of piperidine rings is 1. The van der Waals surface area contributed by atoms with Crippen molar-refractivity contribution < 1.29 is 9.26 Å². The molecule has 1 saturated heterocycles. The first kappa shape index (κ1) is 15.7. The van der Waals surface area contributed by atoms with E-state index in [4.69, 9.17) is 4.74 Å². The molecule has 2 aromatic heterocycles. The minimum atomic E-state index is -0.587. The van der Waals surface area contributed by atoms with Gasteiger partial charge in [-0.15, -0.1) is 0 Å². The summed E-state index contributed by atoms with van der Waals surface area (Å²) >= 11 is 0. The molecule has 2 aromatic rings. The van der Waals surface area contributed by atoms with Crippen LogP contribution >= 0.6 is 0 Å². The maximum atomic E-state index is 10.9. The van der Waals surface area contributed by atoms with E-state index in [9.17, 15) is 4.79 Å². The average molecular weight is 318 g/mol. The summed E-state index contributed by atoms with van der Waals surface area (Å²) in [6.07, 6.45) is 5.24. The van der Waals surface area contributed by atoms with Gasteiger partial charge in [0.2, 0.25) is 5.82 Å².